The Labute approximate surface area is 129 Å². The maximum Gasteiger partial charge on any atom is 0.276 e. The molecule has 1 aromatic carbocycles. The second-order valence-corrected chi connectivity index (χ2v) is 6.28. The molecule has 1 N–H and O–H groups in total. The van der Waals surface area contributed by atoms with Crippen molar-refractivity contribution in [2.45, 2.75) is 6.92 Å². The third kappa shape index (κ3) is 2.22. The summed E-state index contributed by atoms with van der Waals surface area (Å²) in [5.74, 6) is 1.72. The van der Waals surface area contributed by atoms with Crippen LogP contribution < -0.4 is 5.32 Å². The van der Waals surface area contributed by atoms with Gasteiger partial charge in [-0.1, -0.05) is 29.8 Å². The second-order valence-electron chi connectivity index (χ2n) is 6.28. The highest BCUT2D eigenvalue weighted by Crippen LogP contribution is 2.30. The van der Waals surface area contributed by atoms with Crippen molar-refractivity contribution in [1.29, 1.82) is 0 Å². The Balaban J connectivity index is 1.59. The first-order valence-corrected chi connectivity index (χ1v) is 7.73. The fourth-order valence-corrected chi connectivity index (χ4v) is 3.48. The van der Waals surface area contributed by atoms with Crippen molar-refractivity contribution in [1.82, 2.24) is 15.2 Å². The molecule has 2 atom stereocenters. The van der Waals surface area contributed by atoms with Gasteiger partial charge in [0.05, 0.1) is 0 Å². The van der Waals surface area contributed by atoms with Crippen LogP contribution in [0.3, 0.4) is 0 Å². The molecular formula is C17H19N3O2. The molecule has 5 nitrogen and oxygen atoms in total. The Bertz CT molecular complexity index is 680. The zero-order valence-corrected chi connectivity index (χ0v) is 12.6. The molecule has 0 radical (unpaired) electrons. The maximum atomic E-state index is 12.8. The highest BCUT2D eigenvalue weighted by molar-refractivity contribution is 5.97. The van der Waals surface area contributed by atoms with E-state index in [1.54, 1.807) is 0 Å². The maximum absolute atomic E-state index is 12.8. The molecule has 22 heavy (non-hydrogen) atoms. The van der Waals surface area contributed by atoms with E-state index in [9.17, 15) is 4.79 Å². The Kier molecular flexibility index (Phi) is 3.22. The highest BCUT2D eigenvalue weighted by atomic mass is 16.3. The number of nitrogens with one attached hydrogen (secondary N) is 1. The molecule has 0 aliphatic carbocycles. The van der Waals surface area contributed by atoms with Crippen molar-refractivity contribution < 1.29 is 9.21 Å². The lowest BCUT2D eigenvalue weighted by molar-refractivity contribution is 0.0777. The molecule has 2 aromatic rings. The Morgan fingerprint density at radius 1 is 1.23 bits per heavy atom. The summed E-state index contributed by atoms with van der Waals surface area (Å²) in [4.78, 5) is 18.9. The van der Waals surface area contributed by atoms with Gasteiger partial charge in [0, 0.05) is 31.7 Å². The van der Waals surface area contributed by atoms with Gasteiger partial charge in [0.25, 0.3) is 5.91 Å². The molecule has 114 valence electrons. The van der Waals surface area contributed by atoms with Crippen molar-refractivity contribution in [2.24, 2.45) is 11.8 Å². The average Bonchev–Trinajstić information content (AvgIpc) is 3.22. The molecule has 0 saturated carbocycles. The van der Waals surface area contributed by atoms with Crippen molar-refractivity contribution in [3.8, 4) is 11.3 Å². The molecule has 2 aliphatic rings. The molecule has 0 spiro atoms. The normalized spacial score (nSPS) is 23.8. The summed E-state index contributed by atoms with van der Waals surface area (Å²) < 4.78 is 5.49. The minimum absolute atomic E-state index is 0.0151. The topological polar surface area (TPSA) is 58.4 Å². The number of hydrogen-bond acceptors (Lipinski definition) is 4. The molecule has 1 amide bonds. The molecule has 0 bridgehead atoms. The Morgan fingerprint density at radius 2 is 1.91 bits per heavy atom. The lowest BCUT2D eigenvalue weighted by Gasteiger charge is -2.16. The number of carbonyl (C=O) groups excluding carboxylic acids is 1. The molecule has 2 saturated heterocycles. The molecule has 0 unspecified atom stereocenters. The van der Waals surface area contributed by atoms with Crippen molar-refractivity contribution in [2.75, 3.05) is 26.2 Å². The van der Waals surface area contributed by atoms with Gasteiger partial charge in [-0.25, -0.2) is 4.98 Å². The van der Waals surface area contributed by atoms with Crippen molar-refractivity contribution in [3.63, 3.8) is 0 Å². The molecule has 3 heterocycles. The lowest BCUT2D eigenvalue weighted by atomic mass is 10.0. The van der Waals surface area contributed by atoms with Gasteiger partial charge in [-0.2, -0.15) is 0 Å². The first-order chi connectivity index (χ1) is 10.7. The number of amides is 1. The van der Waals surface area contributed by atoms with E-state index in [2.05, 4.69) is 10.3 Å². The van der Waals surface area contributed by atoms with Crippen LogP contribution >= 0.6 is 0 Å². The van der Waals surface area contributed by atoms with Gasteiger partial charge in [-0.15, -0.1) is 0 Å². The van der Waals surface area contributed by atoms with E-state index in [4.69, 9.17) is 4.42 Å². The summed E-state index contributed by atoms with van der Waals surface area (Å²) in [6.45, 7) is 5.69. The van der Waals surface area contributed by atoms with Crippen LogP contribution in [0.15, 0.2) is 35.1 Å². The van der Waals surface area contributed by atoms with Crippen LogP contribution in [-0.4, -0.2) is 42.0 Å². The third-order valence-corrected chi connectivity index (χ3v) is 4.76. The standard InChI is InChI=1S/C17H19N3O2/c1-11-2-4-12(5-3-11)16-15(19-10-22-16)17(21)20-8-13-6-18-7-14(13)9-20/h2-5,10,13-14,18H,6-9H2,1H3/t13-,14+. The quantitative estimate of drug-likeness (QED) is 0.920. The van der Waals surface area contributed by atoms with Gasteiger partial charge >= 0.3 is 0 Å². The van der Waals surface area contributed by atoms with E-state index in [0.717, 1.165) is 31.7 Å². The SMILES string of the molecule is Cc1ccc(-c2ocnc2C(=O)N2C[C@H]3CNC[C@H]3C2)cc1. The van der Waals surface area contributed by atoms with E-state index < -0.39 is 0 Å². The number of benzene rings is 1. The van der Waals surface area contributed by atoms with E-state index in [1.807, 2.05) is 36.1 Å². The summed E-state index contributed by atoms with van der Waals surface area (Å²) in [6, 6.07) is 7.96. The average molecular weight is 297 g/mol. The van der Waals surface area contributed by atoms with E-state index in [-0.39, 0.29) is 5.91 Å². The first-order valence-electron chi connectivity index (χ1n) is 7.73. The molecule has 5 heteroatoms. The molecule has 2 fully saturated rings. The number of likely N-dealkylation sites (tertiary alicyclic amines) is 1. The largest absolute Gasteiger partial charge is 0.443 e. The van der Waals surface area contributed by atoms with Gasteiger partial charge in [0.15, 0.2) is 17.8 Å². The zero-order valence-electron chi connectivity index (χ0n) is 12.6. The molecule has 1 aromatic heterocycles. The number of oxazole rings is 1. The number of carbonyl (C=O) groups is 1. The fourth-order valence-electron chi connectivity index (χ4n) is 3.48. The Hall–Kier alpha value is -2.14. The second kappa shape index (κ2) is 5.25. The minimum Gasteiger partial charge on any atom is -0.443 e. The highest BCUT2D eigenvalue weighted by Gasteiger charge is 2.39. The predicted molar refractivity (Wildman–Crippen MR) is 82.4 cm³/mol. The first kappa shape index (κ1) is 13.5. The summed E-state index contributed by atoms with van der Waals surface area (Å²) >= 11 is 0. The van der Waals surface area contributed by atoms with Crippen LogP contribution in [0.5, 0.6) is 0 Å². The third-order valence-electron chi connectivity index (χ3n) is 4.76. The van der Waals surface area contributed by atoms with Crippen LogP contribution in [0.1, 0.15) is 16.1 Å². The molecular weight excluding hydrogens is 278 g/mol. The number of hydrogen-bond donors (Lipinski definition) is 1. The number of nitrogens with zero attached hydrogens (tertiary/aromatic N) is 2. The van der Waals surface area contributed by atoms with E-state index >= 15 is 0 Å². The molecule has 2 aliphatic heterocycles. The number of rotatable bonds is 2. The summed E-state index contributed by atoms with van der Waals surface area (Å²) in [5, 5.41) is 3.39. The van der Waals surface area contributed by atoms with Gasteiger partial charge in [-0.3, -0.25) is 4.79 Å². The van der Waals surface area contributed by atoms with Gasteiger partial charge < -0.3 is 14.6 Å². The van der Waals surface area contributed by atoms with Gasteiger partial charge in [-0.05, 0) is 18.8 Å². The van der Waals surface area contributed by atoms with Gasteiger partial charge in [0.2, 0.25) is 0 Å². The van der Waals surface area contributed by atoms with Crippen LogP contribution in [-0.2, 0) is 0 Å². The van der Waals surface area contributed by atoms with E-state index in [0.29, 0.717) is 23.3 Å². The summed E-state index contributed by atoms with van der Waals surface area (Å²) in [7, 11) is 0. The number of aromatic nitrogens is 1. The fraction of sp³-hybridized carbons (Fsp3) is 0.412. The minimum atomic E-state index is -0.0151. The van der Waals surface area contributed by atoms with Crippen molar-refractivity contribution >= 4 is 5.91 Å². The zero-order chi connectivity index (χ0) is 15.1. The number of aryl methyl sites for hydroxylation is 1. The Morgan fingerprint density at radius 3 is 2.59 bits per heavy atom. The summed E-state index contributed by atoms with van der Waals surface area (Å²) in [6.07, 6.45) is 1.36. The number of fused-ring (bicyclic) bond motifs is 1. The predicted octanol–water partition coefficient (Wildman–Crippen LogP) is 1.94. The van der Waals surface area contributed by atoms with Crippen LogP contribution in [0.2, 0.25) is 0 Å². The van der Waals surface area contributed by atoms with E-state index in [1.165, 1.54) is 12.0 Å². The monoisotopic (exact) mass is 297 g/mol. The molecule has 4 rings (SSSR count). The summed E-state index contributed by atoms with van der Waals surface area (Å²) in [5.41, 5.74) is 2.50. The lowest BCUT2D eigenvalue weighted by Crippen LogP contribution is -2.32. The van der Waals surface area contributed by atoms with Gasteiger partial charge in [0.1, 0.15) is 0 Å². The van der Waals surface area contributed by atoms with Crippen LogP contribution in [0, 0.1) is 18.8 Å². The van der Waals surface area contributed by atoms with Crippen molar-refractivity contribution in [3.05, 3.63) is 41.9 Å². The smallest absolute Gasteiger partial charge is 0.276 e. The van der Waals surface area contributed by atoms with Crippen LogP contribution in [0.25, 0.3) is 11.3 Å². The van der Waals surface area contributed by atoms with Crippen LogP contribution in [0.4, 0.5) is 0 Å².